The van der Waals surface area contributed by atoms with Crippen LogP contribution in [0, 0.1) is 0 Å². The fraction of sp³-hybridized carbons (Fsp3) is 0.333. The van der Waals surface area contributed by atoms with Crippen molar-refractivity contribution >= 4 is 11.6 Å². The van der Waals surface area contributed by atoms with Crippen LogP contribution < -0.4 is 11.1 Å². The van der Waals surface area contributed by atoms with Gasteiger partial charge in [0, 0.05) is 6.54 Å². The SMILES string of the molecule is NC[C@H]1CC[C@@H](C(=O)Nc2cnn(-c3ccccc3)c2)O1. The summed E-state index contributed by atoms with van der Waals surface area (Å²) in [4.78, 5) is 12.1. The van der Waals surface area contributed by atoms with Crippen LogP contribution in [0.15, 0.2) is 42.7 Å². The van der Waals surface area contributed by atoms with Gasteiger partial charge >= 0.3 is 0 Å². The van der Waals surface area contributed by atoms with Gasteiger partial charge in [-0.05, 0) is 25.0 Å². The van der Waals surface area contributed by atoms with E-state index in [0.717, 1.165) is 12.1 Å². The monoisotopic (exact) mass is 286 g/mol. The molecule has 1 aliphatic heterocycles. The van der Waals surface area contributed by atoms with Crippen molar-refractivity contribution in [1.82, 2.24) is 9.78 Å². The minimum Gasteiger partial charge on any atom is -0.364 e. The molecule has 3 N–H and O–H groups in total. The Hall–Kier alpha value is -2.18. The topological polar surface area (TPSA) is 82.2 Å². The summed E-state index contributed by atoms with van der Waals surface area (Å²) >= 11 is 0. The van der Waals surface area contributed by atoms with Gasteiger partial charge in [0.05, 0.1) is 29.9 Å². The molecule has 6 nitrogen and oxygen atoms in total. The smallest absolute Gasteiger partial charge is 0.253 e. The predicted octanol–water partition coefficient (Wildman–Crippen LogP) is 1.32. The van der Waals surface area contributed by atoms with Gasteiger partial charge in [0.1, 0.15) is 6.10 Å². The zero-order chi connectivity index (χ0) is 14.7. The van der Waals surface area contributed by atoms with Gasteiger partial charge in [-0.25, -0.2) is 4.68 Å². The summed E-state index contributed by atoms with van der Waals surface area (Å²) in [5, 5.41) is 7.07. The van der Waals surface area contributed by atoms with E-state index in [9.17, 15) is 4.79 Å². The molecular weight excluding hydrogens is 268 g/mol. The number of para-hydroxylation sites is 1. The molecule has 110 valence electrons. The third kappa shape index (κ3) is 3.12. The number of nitrogens with one attached hydrogen (secondary N) is 1. The maximum atomic E-state index is 12.1. The molecule has 1 aromatic carbocycles. The van der Waals surface area contributed by atoms with Crippen molar-refractivity contribution in [2.24, 2.45) is 5.73 Å². The number of aromatic nitrogens is 2. The summed E-state index contributed by atoms with van der Waals surface area (Å²) in [7, 11) is 0. The van der Waals surface area contributed by atoms with Gasteiger partial charge in [0.2, 0.25) is 0 Å². The molecule has 6 heteroatoms. The highest BCUT2D eigenvalue weighted by Gasteiger charge is 2.29. The lowest BCUT2D eigenvalue weighted by Gasteiger charge is -2.11. The number of amides is 1. The highest BCUT2D eigenvalue weighted by molar-refractivity contribution is 5.94. The van der Waals surface area contributed by atoms with Gasteiger partial charge in [-0.1, -0.05) is 18.2 Å². The van der Waals surface area contributed by atoms with Crippen molar-refractivity contribution in [3.05, 3.63) is 42.7 Å². The zero-order valence-electron chi connectivity index (χ0n) is 11.6. The molecule has 21 heavy (non-hydrogen) atoms. The first-order valence-electron chi connectivity index (χ1n) is 7.03. The van der Waals surface area contributed by atoms with Gasteiger partial charge in [0.15, 0.2) is 0 Å². The molecule has 0 aliphatic carbocycles. The van der Waals surface area contributed by atoms with E-state index in [1.165, 1.54) is 0 Å². The summed E-state index contributed by atoms with van der Waals surface area (Å²) < 4.78 is 7.29. The van der Waals surface area contributed by atoms with E-state index < -0.39 is 6.10 Å². The van der Waals surface area contributed by atoms with E-state index in [4.69, 9.17) is 10.5 Å². The maximum Gasteiger partial charge on any atom is 0.253 e. The summed E-state index contributed by atoms with van der Waals surface area (Å²) in [6.45, 7) is 0.454. The second-order valence-corrected chi connectivity index (χ2v) is 5.06. The van der Waals surface area contributed by atoms with Crippen LogP contribution in [0.1, 0.15) is 12.8 Å². The number of benzene rings is 1. The lowest BCUT2D eigenvalue weighted by atomic mass is 10.2. The summed E-state index contributed by atoms with van der Waals surface area (Å²) in [6, 6.07) is 9.72. The van der Waals surface area contributed by atoms with Crippen molar-refractivity contribution in [1.29, 1.82) is 0 Å². The average Bonchev–Trinajstić information content (AvgIpc) is 3.17. The second kappa shape index (κ2) is 6.07. The van der Waals surface area contributed by atoms with Crippen molar-refractivity contribution < 1.29 is 9.53 Å². The molecule has 1 aromatic heterocycles. The molecule has 2 aromatic rings. The Balaban J connectivity index is 1.64. The van der Waals surface area contributed by atoms with E-state index in [-0.39, 0.29) is 12.0 Å². The van der Waals surface area contributed by atoms with Crippen LogP contribution in [0.3, 0.4) is 0 Å². The van der Waals surface area contributed by atoms with Crippen LogP contribution in [0.4, 0.5) is 5.69 Å². The fourth-order valence-corrected chi connectivity index (χ4v) is 2.40. The average molecular weight is 286 g/mol. The summed E-state index contributed by atoms with van der Waals surface area (Å²) in [6.07, 6.45) is 4.52. The Morgan fingerprint density at radius 2 is 2.19 bits per heavy atom. The van der Waals surface area contributed by atoms with Crippen molar-refractivity contribution in [2.45, 2.75) is 25.0 Å². The van der Waals surface area contributed by atoms with Crippen LogP contribution in [0.2, 0.25) is 0 Å². The number of hydrogen-bond donors (Lipinski definition) is 2. The maximum absolute atomic E-state index is 12.1. The molecule has 0 spiro atoms. The van der Waals surface area contributed by atoms with E-state index in [1.807, 2.05) is 30.3 Å². The van der Waals surface area contributed by atoms with Gasteiger partial charge in [-0.15, -0.1) is 0 Å². The molecule has 0 saturated carbocycles. The lowest BCUT2D eigenvalue weighted by Crippen LogP contribution is -2.29. The quantitative estimate of drug-likeness (QED) is 0.888. The van der Waals surface area contributed by atoms with Gasteiger partial charge < -0.3 is 15.8 Å². The predicted molar refractivity (Wildman–Crippen MR) is 79.1 cm³/mol. The Kier molecular flexibility index (Phi) is 3.98. The Bertz CT molecular complexity index is 611. The van der Waals surface area contributed by atoms with Gasteiger partial charge in [-0.2, -0.15) is 5.10 Å². The fourth-order valence-electron chi connectivity index (χ4n) is 2.40. The van der Waals surface area contributed by atoms with E-state index >= 15 is 0 Å². The standard InChI is InChI=1S/C15H18N4O2/c16-8-13-6-7-14(21-13)15(20)18-11-9-17-19(10-11)12-4-2-1-3-5-12/h1-5,9-10,13-14H,6-8,16H2,(H,18,20)/t13-,14+/m1/s1. The van der Waals surface area contributed by atoms with Crippen LogP contribution >= 0.6 is 0 Å². The third-order valence-corrected chi connectivity index (χ3v) is 3.53. The molecule has 1 aliphatic rings. The molecule has 0 radical (unpaired) electrons. The first-order valence-corrected chi connectivity index (χ1v) is 7.03. The van der Waals surface area contributed by atoms with Crippen LogP contribution in [0.5, 0.6) is 0 Å². The van der Waals surface area contributed by atoms with Crippen molar-refractivity contribution in [3.63, 3.8) is 0 Å². The second-order valence-electron chi connectivity index (χ2n) is 5.06. The van der Waals surface area contributed by atoms with E-state index in [2.05, 4.69) is 10.4 Å². The first-order chi connectivity index (χ1) is 10.3. The minimum atomic E-state index is -0.418. The van der Waals surface area contributed by atoms with E-state index in [1.54, 1.807) is 17.1 Å². The van der Waals surface area contributed by atoms with Crippen molar-refractivity contribution in [3.8, 4) is 5.69 Å². The molecule has 2 heterocycles. The number of ether oxygens (including phenoxy) is 1. The number of carbonyl (C=O) groups is 1. The molecule has 1 amide bonds. The Morgan fingerprint density at radius 3 is 2.90 bits per heavy atom. The largest absolute Gasteiger partial charge is 0.364 e. The molecule has 0 unspecified atom stereocenters. The van der Waals surface area contributed by atoms with E-state index in [0.29, 0.717) is 18.7 Å². The first kappa shape index (κ1) is 13.8. The highest BCUT2D eigenvalue weighted by Crippen LogP contribution is 2.20. The number of carbonyl (C=O) groups excluding carboxylic acids is 1. The van der Waals surface area contributed by atoms with Crippen LogP contribution in [-0.2, 0) is 9.53 Å². The summed E-state index contributed by atoms with van der Waals surface area (Å²) in [5.74, 6) is -0.140. The highest BCUT2D eigenvalue weighted by atomic mass is 16.5. The summed E-state index contributed by atoms with van der Waals surface area (Å²) in [5.41, 5.74) is 7.15. The number of nitrogens with two attached hydrogens (primary N) is 1. The lowest BCUT2D eigenvalue weighted by molar-refractivity contribution is -0.126. The molecule has 2 atom stereocenters. The zero-order valence-corrected chi connectivity index (χ0v) is 11.6. The Morgan fingerprint density at radius 1 is 1.38 bits per heavy atom. The molecule has 1 fully saturated rings. The number of nitrogens with zero attached hydrogens (tertiary/aromatic N) is 2. The normalized spacial score (nSPS) is 21.4. The number of hydrogen-bond acceptors (Lipinski definition) is 4. The number of rotatable bonds is 4. The van der Waals surface area contributed by atoms with Gasteiger partial charge in [0.25, 0.3) is 5.91 Å². The Labute approximate surface area is 122 Å². The number of anilines is 1. The molecule has 1 saturated heterocycles. The molecule has 0 bridgehead atoms. The van der Waals surface area contributed by atoms with Crippen molar-refractivity contribution in [2.75, 3.05) is 11.9 Å². The molecule has 3 rings (SSSR count). The van der Waals surface area contributed by atoms with Gasteiger partial charge in [-0.3, -0.25) is 4.79 Å². The minimum absolute atomic E-state index is 0.00667. The van der Waals surface area contributed by atoms with Crippen LogP contribution in [0.25, 0.3) is 5.69 Å². The van der Waals surface area contributed by atoms with Crippen LogP contribution in [-0.4, -0.2) is 34.4 Å². The molecular formula is C15H18N4O2. The third-order valence-electron chi connectivity index (χ3n) is 3.53.